The normalized spacial score (nSPS) is 31.3. The molecule has 0 aliphatic carbocycles. The van der Waals surface area contributed by atoms with E-state index in [4.69, 9.17) is 10.8 Å². The second kappa shape index (κ2) is 4.69. The first kappa shape index (κ1) is 12.8. The number of hydrogen-bond donors (Lipinski definition) is 3. The van der Waals surface area contributed by atoms with Gasteiger partial charge in [0.25, 0.3) is 0 Å². The second-order valence-corrected chi connectivity index (χ2v) is 6.89. The van der Waals surface area contributed by atoms with Crippen molar-refractivity contribution in [2.75, 3.05) is 17.3 Å². The highest BCUT2D eigenvalue weighted by atomic mass is 32.2. The highest BCUT2D eigenvalue weighted by molar-refractivity contribution is 8.02. The summed E-state index contributed by atoms with van der Waals surface area (Å²) < 4.78 is 22.2. The molecule has 1 aliphatic rings. The number of nitrogens with two attached hydrogens (primary N) is 1. The molecule has 0 saturated carbocycles. The van der Waals surface area contributed by atoms with Gasteiger partial charge in [0, 0.05) is 11.0 Å². The molecule has 1 saturated heterocycles. The molecule has 0 radical (unpaired) electrons. The van der Waals surface area contributed by atoms with Gasteiger partial charge in [-0.2, -0.15) is 11.8 Å². The lowest BCUT2D eigenvalue weighted by Gasteiger charge is -2.13. The first-order valence-corrected chi connectivity index (χ1v) is 7.17. The summed E-state index contributed by atoms with van der Waals surface area (Å²) in [6, 6.07) is -1.02. The van der Waals surface area contributed by atoms with E-state index in [2.05, 4.69) is 0 Å². The molecule has 1 fully saturated rings. The van der Waals surface area contributed by atoms with Crippen molar-refractivity contribution >= 4 is 27.6 Å². The Bertz CT molecular complexity index is 341. The van der Waals surface area contributed by atoms with Crippen LogP contribution < -0.4 is 5.73 Å². The summed E-state index contributed by atoms with van der Waals surface area (Å²) >= 11 is 1.10. The molecule has 1 rings (SSSR count). The molecule has 4 N–H and O–H groups in total. The van der Waals surface area contributed by atoms with Crippen LogP contribution in [0.4, 0.5) is 0 Å². The third-order valence-electron chi connectivity index (χ3n) is 2.08. The van der Waals surface area contributed by atoms with E-state index >= 15 is 0 Å². The van der Waals surface area contributed by atoms with Crippen molar-refractivity contribution in [2.45, 2.75) is 17.4 Å². The maximum atomic E-state index is 11.1. The smallest absolute Gasteiger partial charge is 0.321 e. The van der Waals surface area contributed by atoms with E-state index in [0.717, 1.165) is 11.8 Å². The summed E-state index contributed by atoms with van der Waals surface area (Å²) in [6.45, 7) is 0. The molecular formula is C7H13NO5S2. The van der Waals surface area contributed by atoms with Crippen molar-refractivity contribution in [1.29, 1.82) is 0 Å². The fraction of sp³-hybridized carbons (Fsp3) is 0.857. The van der Waals surface area contributed by atoms with Crippen LogP contribution in [0.2, 0.25) is 0 Å². The van der Waals surface area contributed by atoms with Crippen LogP contribution in [0.1, 0.15) is 0 Å². The largest absolute Gasteiger partial charge is 0.480 e. The molecule has 0 bridgehead atoms. The third kappa shape index (κ3) is 3.63. The van der Waals surface area contributed by atoms with Gasteiger partial charge in [-0.25, -0.2) is 8.42 Å². The van der Waals surface area contributed by atoms with E-state index in [1.54, 1.807) is 0 Å². The standard InChI is InChI=1S/C7H13NO5S2/c8-4(7(10)11)1-14-6-3-15(12,13)2-5(6)9/h4-6,9H,1-3,8H2,(H,10,11)/t4-,5?,6?/m0/s1. The Balaban J connectivity index is 2.44. The Labute approximate surface area is 91.8 Å². The average molecular weight is 255 g/mol. The van der Waals surface area contributed by atoms with Crippen LogP contribution in [-0.4, -0.2) is 59.3 Å². The first-order chi connectivity index (χ1) is 6.82. The third-order valence-corrected chi connectivity index (χ3v) is 5.47. The first-order valence-electron chi connectivity index (χ1n) is 4.30. The molecule has 8 heteroatoms. The number of carboxylic acids is 1. The summed E-state index contributed by atoms with van der Waals surface area (Å²) in [6.07, 6.45) is -0.916. The molecule has 88 valence electrons. The fourth-order valence-corrected chi connectivity index (χ4v) is 4.91. The van der Waals surface area contributed by atoms with E-state index in [0.29, 0.717) is 0 Å². The van der Waals surface area contributed by atoms with Crippen LogP contribution in [0, 0.1) is 0 Å². The van der Waals surface area contributed by atoms with Crippen LogP contribution in [0.5, 0.6) is 0 Å². The van der Waals surface area contributed by atoms with Gasteiger partial charge in [0.15, 0.2) is 9.84 Å². The lowest BCUT2D eigenvalue weighted by molar-refractivity contribution is -0.137. The van der Waals surface area contributed by atoms with Crippen molar-refractivity contribution in [2.24, 2.45) is 5.73 Å². The molecule has 1 aliphatic heterocycles. The van der Waals surface area contributed by atoms with Crippen LogP contribution in [0.15, 0.2) is 0 Å². The predicted molar refractivity (Wildman–Crippen MR) is 56.5 cm³/mol. The fourth-order valence-electron chi connectivity index (χ4n) is 1.25. The average Bonchev–Trinajstić information content (AvgIpc) is 2.35. The zero-order valence-corrected chi connectivity index (χ0v) is 9.50. The van der Waals surface area contributed by atoms with Crippen molar-refractivity contribution in [3.8, 4) is 0 Å². The number of carboxylic acid groups (broad SMARTS) is 1. The van der Waals surface area contributed by atoms with Gasteiger partial charge in [-0.05, 0) is 0 Å². The molecule has 1 heterocycles. The molecule has 0 aromatic rings. The van der Waals surface area contributed by atoms with Crippen LogP contribution >= 0.6 is 11.8 Å². The van der Waals surface area contributed by atoms with Gasteiger partial charge >= 0.3 is 5.97 Å². The molecule has 0 aromatic heterocycles. The number of sulfone groups is 1. The van der Waals surface area contributed by atoms with Crippen LogP contribution in [-0.2, 0) is 14.6 Å². The highest BCUT2D eigenvalue weighted by Gasteiger charge is 2.37. The number of aliphatic carboxylic acids is 1. The number of hydrogen-bond acceptors (Lipinski definition) is 6. The minimum atomic E-state index is -3.17. The SMILES string of the molecule is N[C@@H](CSC1CS(=O)(=O)CC1O)C(=O)O. The van der Waals surface area contributed by atoms with Crippen molar-refractivity contribution in [1.82, 2.24) is 0 Å². The minimum absolute atomic E-state index is 0.104. The zero-order chi connectivity index (χ0) is 11.6. The highest BCUT2D eigenvalue weighted by Crippen LogP contribution is 2.25. The topological polar surface area (TPSA) is 118 Å². The molecule has 0 amide bonds. The molecule has 0 spiro atoms. The number of thioether (sulfide) groups is 1. The molecule has 2 unspecified atom stereocenters. The van der Waals surface area contributed by atoms with Gasteiger partial charge in [-0.3, -0.25) is 4.79 Å². The van der Waals surface area contributed by atoms with Crippen molar-refractivity contribution < 1.29 is 23.4 Å². The maximum Gasteiger partial charge on any atom is 0.321 e. The number of carbonyl (C=O) groups is 1. The molecule has 0 aromatic carbocycles. The Morgan fingerprint density at radius 1 is 1.53 bits per heavy atom. The van der Waals surface area contributed by atoms with E-state index in [1.165, 1.54) is 0 Å². The Morgan fingerprint density at radius 2 is 2.13 bits per heavy atom. The van der Waals surface area contributed by atoms with Gasteiger partial charge in [0.05, 0.1) is 17.6 Å². The van der Waals surface area contributed by atoms with Crippen LogP contribution in [0.3, 0.4) is 0 Å². The van der Waals surface area contributed by atoms with E-state index in [9.17, 15) is 18.3 Å². The molecule has 3 atom stereocenters. The molecule has 6 nitrogen and oxygen atoms in total. The molecule has 15 heavy (non-hydrogen) atoms. The summed E-state index contributed by atoms with van der Waals surface area (Å²) in [5.41, 5.74) is 5.26. The van der Waals surface area contributed by atoms with Gasteiger partial charge in [0.2, 0.25) is 0 Å². The zero-order valence-electron chi connectivity index (χ0n) is 7.87. The summed E-state index contributed by atoms with van der Waals surface area (Å²) in [5.74, 6) is -1.37. The lowest BCUT2D eigenvalue weighted by atomic mass is 10.3. The molecular weight excluding hydrogens is 242 g/mol. The van der Waals surface area contributed by atoms with E-state index in [1.807, 2.05) is 0 Å². The minimum Gasteiger partial charge on any atom is -0.480 e. The Morgan fingerprint density at radius 3 is 2.53 bits per heavy atom. The Hall–Kier alpha value is -0.310. The van der Waals surface area contributed by atoms with Crippen LogP contribution in [0.25, 0.3) is 0 Å². The van der Waals surface area contributed by atoms with Gasteiger partial charge < -0.3 is 15.9 Å². The lowest BCUT2D eigenvalue weighted by Crippen LogP contribution is -2.34. The van der Waals surface area contributed by atoms with Gasteiger partial charge in [0.1, 0.15) is 6.04 Å². The number of aliphatic hydroxyl groups excluding tert-OH is 1. The second-order valence-electron chi connectivity index (χ2n) is 3.46. The summed E-state index contributed by atoms with van der Waals surface area (Å²) in [7, 11) is -3.17. The van der Waals surface area contributed by atoms with Crippen molar-refractivity contribution in [3.05, 3.63) is 0 Å². The predicted octanol–water partition coefficient (Wildman–Crippen LogP) is -1.71. The summed E-state index contributed by atoms with van der Waals surface area (Å²) in [5, 5.41) is 17.4. The quantitative estimate of drug-likeness (QED) is 0.547. The van der Waals surface area contributed by atoms with E-state index < -0.39 is 33.2 Å². The van der Waals surface area contributed by atoms with Gasteiger partial charge in [-0.15, -0.1) is 0 Å². The van der Waals surface area contributed by atoms with E-state index in [-0.39, 0.29) is 17.3 Å². The monoisotopic (exact) mass is 255 g/mol. The Kier molecular flexibility index (Phi) is 3.99. The van der Waals surface area contributed by atoms with Gasteiger partial charge in [-0.1, -0.05) is 0 Å². The number of rotatable bonds is 4. The maximum absolute atomic E-state index is 11.1. The number of aliphatic hydroxyl groups is 1. The van der Waals surface area contributed by atoms with Crippen molar-refractivity contribution in [3.63, 3.8) is 0 Å². The summed E-state index contributed by atoms with van der Waals surface area (Å²) in [4.78, 5) is 10.4.